The summed E-state index contributed by atoms with van der Waals surface area (Å²) < 4.78 is 1.58. The molecule has 4 aromatic rings. The lowest BCUT2D eigenvalue weighted by Crippen LogP contribution is -2.50. The molecule has 0 bridgehead atoms. The Labute approximate surface area is 205 Å². The SMILES string of the molecule is CC(Sc1nc2c(cnn2-c2cccc(Cl)c2)c(=O)[nH]1)C(=O)N1CCN(c2ccccc2)CC1. The van der Waals surface area contributed by atoms with Crippen LogP contribution >= 0.6 is 23.4 Å². The van der Waals surface area contributed by atoms with Crippen LogP contribution in [-0.2, 0) is 4.79 Å². The lowest BCUT2D eigenvalue weighted by Gasteiger charge is -2.37. The normalized spacial score (nSPS) is 15.0. The van der Waals surface area contributed by atoms with E-state index in [-0.39, 0.29) is 11.5 Å². The maximum absolute atomic E-state index is 13.1. The lowest BCUT2D eigenvalue weighted by atomic mass is 10.2. The molecule has 1 aliphatic heterocycles. The van der Waals surface area contributed by atoms with E-state index < -0.39 is 5.25 Å². The Morgan fingerprint density at radius 2 is 1.79 bits per heavy atom. The number of aromatic nitrogens is 4. The summed E-state index contributed by atoms with van der Waals surface area (Å²) >= 11 is 7.36. The van der Waals surface area contributed by atoms with Crippen molar-refractivity contribution in [3.05, 3.63) is 76.2 Å². The summed E-state index contributed by atoms with van der Waals surface area (Å²) in [6, 6.07) is 17.4. The van der Waals surface area contributed by atoms with Gasteiger partial charge in [0.2, 0.25) is 5.91 Å². The van der Waals surface area contributed by atoms with Gasteiger partial charge in [-0.15, -0.1) is 0 Å². The molecule has 1 saturated heterocycles. The highest BCUT2D eigenvalue weighted by molar-refractivity contribution is 8.00. The minimum Gasteiger partial charge on any atom is -0.368 e. The summed E-state index contributed by atoms with van der Waals surface area (Å²) in [6.45, 7) is 4.72. The monoisotopic (exact) mass is 494 g/mol. The van der Waals surface area contributed by atoms with Gasteiger partial charge in [-0.05, 0) is 37.3 Å². The van der Waals surface area contributed by atoms with Gasteiger partial charge in [0.25, 0.3) is 5.56 Å². The predicted molar refractivity (Wildman–Crippen MR) is 135 cm³/mol. The maximum atomic E-state index is 13.1. The molecule has 174 valence electrons. The third-order valence-corrected chi connectivity index (χ3v) is 7.02. The summed E-state index contributed by atoms with van der Waals surface area (Å²) in [5, 5.41) is 5.24. The molecular weight excluding hydrogens is 472 g/mol. The Morgan fingerprint density at radius 3 is 2.53 bits per heavy atom. The molecule has 1 amide bonds. The lowest BCUT2D eigenvalue weighted by molar-refractivity contribution is -0.130. The number of nitrogens with one attached hydrogen (secondary N) is 1. The van der Waals surface area contributed by atoms with Crippen molar-refractivity contribution in [2.75, 3.05) is 31.1 Å². The third kappa shape index (κ3) is 4.53. The van der Waals surface area contributed by atoms with Gasteiger partial charge in [0.05, 0.1) is 17.1 Å². The molecule has 2 aromatic heterocycles. The van der Waals surface area contributed by atoms with Crippen molar-refractivity contribution in [1.82, 2.24) is 24.6 Å². The summed E-state index contributed by atoms with van der Waals surface area (Å²) in [5.74, 6) is 0.0313. The van der Waals surface area contributed by atoms with E-state index in [9.17, 15) is 9.59 Å². The van der Waals surface area contributed by atoms with Crippen LogP contribution in [0.25, 0.3) is 16.7 Å². The van der Waals surface area contributed by atoms with Crippen LogP contribution in [0.15, 0.2) is 70.7 Å². The van der Waals surface area contributed by atoms with Gasteiger partial charge in [0.15, 0.2) is 10.8 Å². The molecule has 0 radical (unpaired) electrons. The molecule has 10 heteroatoms. The zero-order chi connectivity index (χ0) is 23.7. The van der Waals surface area contributed by atoms with Gasteiger partial charge >= 0.3 is 0 Å². The van der Waals surface area contributed by atoms with Gasteiger partial charge < -0.3 is 14.8 Å². The number of amides is 1. The van der Waals surface area contributed by atoms with Crippen molar-refractivity contribution < 1.29 is 4.79 Å². The largest absolute Gasteiger partial charge is 0.368 e. The quantitative estimate of drug-likeness (QED) is 0.337. The number of H-pyrrole nitrogens is 1. The number of carbonyl (C=O) groups excluding carboxylic acids is 1. The molecule has 0 saturated carbocycles. The average Bonchev–Trinajstić information content (AvgIpc) is 3.29. The van der Waals surface area contributed by atoms with E-state index in [1.165, 1.54) is 23.6 Å². The molecular formula is C24H23ClN6O2S. The molecule has 34 heavy (non-hydrogen) atoms. The fourth-order valence-electron chi connectivity index (χ4n) is 4.05. The molecule has 1 unspecified atom stereocenters. The first-order valence-electron chi connectivity index (χ1n) is 11.0. The Balaban J connectivity index is 1.30. The molecule has 0 aliphatic carbocycles. The second kappa shape index (κ2) is 9.52. The van der Waals surface area contributed by atoms with Crippen LogP contribution in [0.1, 0.15) is 6.92 Å². The Kier molecular flexibility index (Phi) is 6.30. The van der Waals surface area contributed by atoms with Gasteiger partial charge in [-0.3, -0.25) is 9.59 Å². The number of thioether (sulfide) groups is 1. The number of piperazine rings is 1. The van der Waals surface area contributed by atoms with E-state index in [4.69, 9.17) is 11.6 Å². The highest BCUT2D eigenvalue weighted by Crippen LogP contribution is 2.24. The van der Waals surface area contributed by atoms with E-state index >= 15 is 0 Å². The molecule has 5 rings (SSSR count). The number of nitrogens with zero attached hydrogens (tertiary/aromatic N) is 5. The van der Waals surface area contributed by atoms with Crippen LogP contribution in [0.5, 0.6) is 0 Å². The number of para-hydroxylation sites is 1. The standard InChI is InChI=1S/C24H23ClN6O2S/c1-16(23(33)30-12-10-29(11-13-30)18-7-3-2-4-8-18)34-24-27-21-20(22(32)28-24)15-26-31(21)19-9-5-6-17(25)14-19/h2-9,14-16H,10-13H2,1H3,(H,27,28,32). The Morgan fingerprint density at radius 1 is 1.06 bits per heavy atom. The molecule has 1 fully saturated rings. The van der Waals surface area contributed by atoms with E-state index in [1.54, 1.807) is 16.8 Å². The van der Waals surface area contributed by atoms with Gasteiger partial charge in [0, 0.05) is 36.9 Å². The number of fused-ring (bicyclic) bond motifs is 1. The average molecular weight is 495 g/mol. The summed E-state index contributed by atoms with van der Waals surface area (Å²) in [6.07, 6.45) is 1.48. The van der Waals surface area contributed by atoms with Crippen molar-refractivity contribution in [3.8, 4) is 5.69 Å². The first kappa shape index (κ1) is 22.5. The molecule has 2 aromatic carbocycles. The fourth-order valence-corrected chi connectivity index (χ4v) is 5.11. The molecule has 1 N–H and O–H groups in total. The number of anilines is 1. The van der Waals surface area contributed by atoms with Crippen molar-refractivity contribution in [2.45, 2.75) is 17.3 Å². The summed E-state index contributed by atoms with van der Waals surface area (Å²) in [5.41, 5.74) is 2.00. The van der Waals surface area contributed by atoms with Crippen LogP contribution in [0, 0.1) is 0 Å². The molecule has 0 spiro atoms. The second-order valence-corrected chi connectivity index (χ2v) is 9.82. The van der Waals surface area contributed by atoms with Gasteiger partial charge in [-0.1, -0.05) is 47.6 Å². The van der Waals surface area contributed by atoms with E-state index in [0.29, 0.717) is 40.0 Å². The first-order valence-corrected chi connectivity index (χ1v) is 12.2. The van der Waals surface area contributed by atoms with Crippen LogP contribution in [0.4, 0.5) is 5.69 Å². The Bertz CT molecular complexity index is 1380. The van der Waals surface area contributed by atoms with Crippen molar-refractivity contribution in [2.24, 2.45) is 0 Å². The highest BCUT2D eigenvalue weighted by Gasteiger charge is 2.26. The van der Waals surface area contributed by atoms with Crippen LogP contribution in [0.2, 0.25) is 5.02 Å². The molecule has 8 nitrogen and oxygen atoms in total. The fraction of sp³-hybridized carbons (Fsp3) is 0.250. The number of hydrogen-bond acceptors (Lipinski definition) is 6. The maximum Gasteiger partial charge on any atom is 0.262 e. The number of carbonyl (C=O) groups is 1. The topological polar surface area (TPSA) is 87.1 Å². The predicted octanol–water partition coefficient (Wildman–Crippen LogP) is 3.59. The second-order valence-electron chi connectivity index (χ2n) is 8.05. The van der Waals surface area contributed by atoms with Crippen LogP contribution in [0.3, 0.4) is 0 Å². The smallest absolute Gasteiger partial charge is 0.262 e. The minimum atomic E-state index is -0.397. The van der Waals surface area contributed by atoms with Crippen LogP contribution < -0.4 is 10.5 Å². The Hall–Kier alpha value is -3.30. The zero-order valence-corrected chi connectivity index (χ0v) is 20.1. The van der Waals surface area contributed by atoms with Crippen molar-refractivity contribution >= 4 is 46.0 Å². The molecule has 3 heterocycles. The van der Waals surface area contributed by atoms with E-state index in [2.05, 4.69) is 32.1 Å². The van der Waals surface area contributed by atoms with Gasteiger partial charge in [0.1, 0.15) is 5.39 Å². The number of rotatable bonds is 5. The highest BCUT2D eigenvalue weighted by atomic mass is 35.5. The number of halogens is 1. The number of benzene rings is 2. The van der Waals surface area contributed by atoms with Gasteiger partial charge in [-0.25, -0.2) is 9.67 Å². The van der Waals surface area contributed by atoms with Crippen molar-refractivity contribution in [1.29, 1.82) is 0 Å². The first-order chi connectivity index (χ1) is 16.5. The van der Waals surface area contributed by atoms with E-state index in [1.807, 2.05) is 42.2 Å². The minimum absolute atomic E-state index is 0.0313. The zero-order valence-electron chi connectivity index (χ0n) is 18.5. The third-order valence-electron chi connectivity index (χ3n) is 5.82. The molecule has 1 atom stereocenters. The summed E-state index contributed by atoms with van der Waals surface area (Å²) in [4.78, 5) is 37.3. The van der Waals surface area contributed by atoms with Gasteiger partial charge in [-0.2, -0.15) is 5.10 Å². The van der Waals surface area contributed by atoms with Crippen LogP contribution in [-0.4, -0.2) is 62.0 Å². The number of aromatic amines is 1. The van der Waals surface area contributed by atoms with Crippen molar-refractivity contribution in [3.63, 3.8) is 0 Å². The van der Waals surface area contributed by atoms with E-state index in [0.717, 1.165) is 13.1 Å². The summed E-state index contributed by atoms with van der Waals surface area (Å²) in [7, 11) is 0. The molecule has 1 aliphatic rings. The number of hydrogen-bond donors (Lipinski definition) is 1.